The minimum absolute atomic E-state index is 0.0188. The summed E-state index contributed by atoms with van der Waals surface area (Å²) in [6, 6.07) is 0.167. The second-order valence-corrected chi connectivity index (χ2v) is 3.56. The molecule has 2 amide bonds. The first-order valence-corrected chi connectivity index (χ1v) is 4.29. The molecule has 70 valence electrons. The zero-order valence-electron chi connectivity index (χ0n) is 7.58. The van der Waals surface area contributed by atoms with Crippen molar-refractivity contribution in [1.82, 2.24) is 10.2 Å². The smallest absolute Gasteiger partial charge is 0.317 e. The molecule has 4 nitrogen and oxygen atoms in total. The summed E-state index contributed by atoms with van der Waals surface area (Å²) in [6.07, 6.45) is 0. The fourth-order valence-electron chi connectivity index (χ4n) is 1.19. The van der Waals surface area contributed by atoms with Crippen molar-refractivity contribution in [2.75, 3.05) is 19.7 Å². The van der Waals surface area contributed by atoms with E-state index in [4.69, 9.17) is 5.11 Å². The largest absolute Gasteiger partial charge is 0.396 e. The maximum atomic E-state index is 11.2. The van der Waals surface area contributed by atoms with Crippen molar-refractivity contribution in [2.24, 2.45) is 5.92 Å². The lowest BCUT2D eigenvalue weighted by molar-refractivity contribution is 0.0768. The van der Waals surface area contributed by atoms with Gasteiger partial charge < -0.3 is 15.3 Å². The molecule has 0 atom stereocenters. The highest BCUT2D eigenvalue weighted by Crippen LogP contribution is 2.14. The lowest BCUT2D eigenvalue weighted by atomic mass is 10.0. The van der Waals surface area contributed by atoms with Crippen molar-refractivity contribution in [3.63, 3.8) is 0 Å². The molecule has 1 aliphatic heterocycles. The SMILES string of the molecule is CC(C)NC(=O)N1CC(CO)C1. The van der Waals surface area contributed by atoms with Gasteiger partial charge in [0, 0.05) is 31.7 Å². The van der Waals surface area contributed by atoms with Crippen molar-refractivity contribution < 1.29 is 9.90 Å². The van der Waals surface area contributed by atoms with Crippen molar-refractivity contribution in [2.45, 2.75) is 19.9 Å². The van der Waals surface area contributed by atoms with Crippen LogP contribution in [0.15, 0.2) is 0 Å². The number of nitrogens with zero attached hydrogens (tertiary/aromatic N) is 1. The van der Waals surface area contributed by atoms with E-state index in [1.54, 1.807) is 4.90 Å². The quantitative estimate of drug-likeness (QED) is 0.617. The van der Waals surface area contributed by atoms with Crippen LogP contribution in [0.5, 0.6) is 0 Å². The number of aliphatic hydroxyl groups is 1. The van der Waals surface area contributed by atoms with Crippen LogP contribution >= 0.6 is 0 Å². The second-order valence-electron chi connectivity index (χ2n) is 3.56. The number of hydrogen-bond donors (Lipinski definition) is 2. The standard InChI is InChI=1S/C8H16N2O2/c1-6(2)9-8(12)10-3-7(4-10)5-11/h6-7,11H,3-5H2,1-2H3,(H,9,12). The molecule has 0 saturated carbocycles. The minimum Gasteiger partial charge on any atom is -0.396 e. The molecule has 0 spiro atoms. The predicted molar refractivity (Wildman–Crippen MR) is 45.8 cm³/mol. The third-order valence-electron chi connectivity index (χ3n) is 1.91. The first-order chi connectivity index (χ1) is 5.63. The summed E-state index contributed by atoms with van der Waals surface area (Å²) in [7, 11) is 0. The zero-order valence-corrected chi connectivity index (χ0v) is 7.58. The number of aliphatic hydroxyl groups excluding tert-OH is 1. The molecule has 1 heterocycles. The van der Waals surface area contributed by atoms with Crippen molar-refractivity contribution in [3.05, 3.63) is 0 Å². The Morgan fingerprint density at radius 2 is 2.25 bits per heavy atom. The fraction of sp³-hybridized carbons (Fsp3) is 0.875. The van der Waals surface area contributed by atoms with Gasteiger partial charge in [-0.05, 0) is 13.8 Å². The van der Waals surface area contributed by atoms with Crippen LogP contribution in [-0.4, -0.2) is 41.8 Å². The first-order valence-electron chi connectivity index (χ1n) is 4.29. The third-order valence-corrected chi connectivity index (χ3v) is 1.91. The van der Waals surface area contributed by atoms with Crippen LogP contribution < -0.4 is 5.32 Å². The molecule has 0 aromatic heterocycles. The van der Waals surface area contributed by atoms with Gasteiger partial charge in [-0.3, -0.25) is 0 Å². The van der Waals surface area contributed by atoms with Crippen LogP contribution in [0, 0.1) is 5.92 Å². The molecular weight excluding hydrogens is 156 g/mol. The summed E-state index contributed by atoms with van der Waals surface area (Å²) in [5.74, 6) is 0.294. The molecule has 1 fully saturated rings. The van der Waals surface area contributed by atoms with Gasteiger partial charge in [-0.25, -0.2) is 4.79 Å². The zero-order chi connectivity index (χ0) is 9.14. The summed E-state index contributed by atoms with van der Waals surface area (Å²) in [4.78, 5) is 12.9. The van der Waals surface area contributed by atoms with Crippen molar-refractivity contribution in [1.29, 1.82) is 0 Å². The van der Waals surface area contributed by atoms with E-state index in [2.05, 4.69) is 5.32 Å². The summed E-state index contributed by atoms with van der Waals surface area (Å²) in [6.45, 7) is 5.43. The third kappa shape index (κ3) is 2.11. The summed E-state index contributed by atoms with van der Waals surface area (Å²) in [5.41, 5.74) is 0. The molecular formula is C8H16N2O2. The summed E-state index contributed by atoms with van der Waals surface area (Å²) in [5, 5.41) is 11.5. The van der Waals surface area contributed by atoms with Crippen LogP contribution in [0.3, 0.4) is 0 Å². The van der Waals surface area contributed by atoms with E-state index in [0.29, 0.717) is 19.0 Å². The van der Waals surface area contributed by atoms with Gasteiger partial charge >= 0.3 is 6.03 Å². The molecule has 0 radical (unpaired) electrons. The minimum atomic E-state index is -0.0188. The Bertz CT molecular complexity index is 164. The average Bonchev–Trinajstić information content (AvgIpc) is 1.82. The molecule has 0 aromatic rings. The highest BCUT2D eigenvalue weighted by Gasteiger charge is 2.29. The Labute approximate surface area is 72.6 Å². The Hall–Kier alpha value is -0.770. The van der Waals surface area contributed by atoms with Crippen molar-refractivity contribution >= 4 is 6.03 Å². The number of nitrogens with one attached hydrogen (secondary N) is 1. The Balaban J connectivity index is 2.19. The lowest BCUT2D eigenvalue weighted by Crippen LogP contribution is -2.55. The van der Waals surface area contributed by atoms with E-state index in [0.717, 1.165) is 0 Å². The Kier molecular flexibility index (Phi) is 2.92. The number of carbonyl (C=O) groups excluding carboxylic acids is 1. The number of hydrogen-bond acceptors (Lipinski definition) is 2. The van der Waals surface area contributed by atoms with Crippen LogP contribution in [-0.2, 0) is 0 Å². The van der Waals surface area contributed by atoms with Crippen molar-refractivity contribution in [3.8, 4) is 0 Å². The van der Waals surface area contributed by atoms with Gasteiger partial charge in [0.25, 0.3) is 0 Å². The van der Waals surface area contributed by atoms with Gasteiger partial charge in [-0.15, -0.1) is 0 Å². The number of carbonyl (C=O) groups is 1. The topological polar surface area (TPSA) is 52.6 Å². The Morgan fingerprint density at radius 1 is 1.67 bits per heavy atom. The predicted octanol–water partition coefficient (Wildman–Crippen LogP) is 0.0285. The van der Waals surface area contributed by atoms with Gasteiger partial charge in [0.1, 0.15) is 0 Å². The molecule has 2 N–H and O–H groups in total. The number of rotatable bonds is 2. The molecule has 4 heteroatoms. The second kappa shape index (κ2) is 3.76. The van der Waals surface area contributed by atoms with E-state index in [-0.39, 0.29) is 18.7 Å². The Morgan fingerprint density at radius 3 is 2.67 bits per heavy atom. The normalized spacial score (nSPS) is 17.8. The maximum absolute atomic E-state index is 11.2. The van der Waals surface area contributed by atoms with E-state index >= 15 is 0 Å². The summed E-state index contributed by atoms with van der Waals surface area (Å²) < 4.78 is 0. The molecule has 1 aliphatic rings. The number of urea groups is 1. The molecule has 1 saturated heterocycles. The van der Waals surface area contributed by atoms with Crippen LogP contribution in [0.2, 0.25) is 0 Å². The summed E-state index contributed by atoms with van der Waals surface area (Å²) >= 11 is 0. The van der Waals surface area contributed by atoms with E-state index in [1.807, 2.05) is 13.8 Å². The monoisotopic (exact) mass is 172 g/mol. The lowest BCUT2D eigenvalue weighted by Gasteiger charge is -2.38. The van der Waals surface area contributed by atoms with Gasteiger partial charge in [0.2, 0.25) is 0 Å². The van der Waals surface area contributed by atoms with Gasteiger partial charge in [-0.2, -0.15) is 0 Å². The van der Waals surface area contributed by atoms with E-state index < -0.39 is 0 Å². The van der Waals surface area contributed by atoms with Gasteiger partial charge in [0.05, 0.1) is 0 Å². The highest BCUT2D eigenvalue weighted by molar-refractivity contribution is 5.75. The molecule has 0 aromatic carbocycles. The molecule has 12 heavy (non-hydrogen) atoms. The van der Waals surface area contributed by atoms with E-state index in [1.165, 1.54) is 0 Å². The number of likely N-dealkylation sites (tertiary alicyclic amines) is 1. The molecule has 0 unspecified atom stereocenters. The van der Waals surface area contributed by atoms with Crippen LogP contribution in [0.25, 0.3) is 0 Å². The van der Waals surface area contributed by atoms with Crippen LogP contribution in [0.4, 0.5) is 4.79 Å². The fourth-order valence-corrected chi connectivity index (χ4v) is 1.19. The molecule has 0 bridgehead atoms. The highest BCUT2D eigenvalue weighted by atomic mass is 16.3. The first kappa shape index (κ1) is 9.32. The van der Waals surface area contributed by atoms with Gasteiger partial charge in [0.15, 0.2) is 0 Å². The average molecular weight is 172 g/mol. The molecule has 1 rings (SSSR count). The maximum Gasteiger partial charge on any atom is 0.317 e. The van der Waals surface area contributed by atoms with Crippen LogP contribution in [0.1, 0.15) is 13.8 Å². The van der Waals surface area contributed by atoms with Gasteiger partial charge in [-0.1, -0.05) is 0 Å². The number of amides is 2. The van der Waals surface area contributed by atoms with E-state index in [9.17, 15) is 4.79 Å². The molecule has 0 aliphatic carbocycles.